The third-order valence-corrected chi connectivity index (χ3v) is 4.25. The lowest BCUT2D eigenvalue weighted by Crippen LogP contribution is -2.35. The van der Waals surface area contributed by atoms with E-state index in [1.54, 1.807) is 18.5 Å². The summed E-state index contributed by atoms with van der Waals surface area (Å²) in [5.74, 6) is -0.930. The molecule has 0 radical (unpaired) electrons. The van der Waals surface area contributed by atoms with Gasteiger partial charge < -0.3 is 14.8 Å². The van der Waals surface area contributed by atoms with Gasteiger partial charge in [-0.2, -0.15) is 5.10 Å². The molecule has 1 fully saturated rings. The topological polar surface area (TPSA) is 76.2 Å². The van der Waals surface area contributed by atoms with E-state index in [4.69, 9.17) is 9.47 Å². The summed E-state index contributed by atoms with van der Waals surface area (Å²) in [6.45, 7) is 1.09. The molecule has 128 valence electrons. The van der Waals surface area contributed by atoms with Crippen molar-refractivity contribution < 1.29 is 18.7 Å². The van der Waals surface area contributed by atoms with Gasteiger partial charge in [-0.15, -0.1) is 0 Å². The molecule has 0 unspecified atom stereocenters. The first-order valence-corrected chi connectivity index (χ1v) is 7.91. The minimum atomic E-state index is -0.649. The Kier molecular flexibility index (Phi) is 5.10. The highest BCUT2D eigenvalue weighted by molar-refractivity contribution is 5.94. The average Bonchev–Trinajstić information content (AvgIpc) is 3.14. The third-order valence-electron chi connectivity index (χ3n) is 4.25. The van der Waals surface area contributed by atoms with E-state index in [1.807, 2.05) is 0 Å². The van der Waals surface area contributed by atoms with Gasteiger partial charge in [-0.05, 0) is 25.0 Å². The first-order valence-electron chi connectivity index (χ1n) is 7.91. The van der Waals surface area contributed by atoms with Crippen molar-refractivity contribution in [3.63, 3.8) is 0 Å². The zero-order chi connectivity index (χ0) is 16.9. The van der Waals surface area contributed by atoms with E-state index in [0.717, 1.165) is 18.4 Å². The van der Waals surface area contributed by atoms with Crippen LogP contribution < -0.4 is 10.1 Å². The van der Waals surface area contributed by atoms with Crippen LogP contribution in [-0.2, 0) is 4.74 Å². The molecule has 1 saturated heterocycles. The van der Waals surface area contributed by atoms with E-state index in [1.165, 1.54) is 19.2 Å². The van der Waals surface area contributed by atoms with Crippen LogP contribution >= 0.6 is 0 Å². The van der Waals surface area contributed by atoms with Crippen LogP contribution in [0.1, 0.15) is 34.9 Å². The van der Waals surface area contributed by atoms with Crippen LogP contribution in [0.3, 0.4) is 0 Å². The zero-order valence-electron chi connectivity index (χ0n) is 13.4. The van der Waals surface area contributed by atoms with Gasteiger partial charge in [0.15, 0.2) is 11.6 Å². The number of hydrogen-bond acceptors (Lipinski definition) is 4. The van der Waals surface area contributed by atoms with Crippen molar-refractivity contribution in [2.45, 2.75) is 18.9 Å². The number of aromatic nitrogens is 2. The van der Waals surface area contributed by atoms with E-state index in [0.29, 0.717) is 13.2 Å². The second kappa shape index (κ2) is 7.44. The molecular formula is C17H20FN3O3. The molecule has 1 amide bonds. The molecule has 0 saturated carbocycles. The van der Waals surface area contributed by atoms with Crippen LogP contribution in [0.5, 0.6) is 5.75 Å². The van der Waals surface area contributed by atoms with E-state index in [2.05, 4.69) is 15.5 Å². The number of nitrogens with one attached hydrogen (secondary N) is 2. The summed E-state index contributed by atoms with van der Waals surface area (Å²) in [7, 11) is 1.37. The fourth-order valence-corrected chi connectivity index (χ4v) is 3.00. The number of aromatic amines is 1. The molecule has 3 rings (SSSR count). The molecule has 2 atom stereocenters. The molecule has 7 heteroatoms. The molecule has 1 aromatic carbocycles. The number of ether oxygens (including phenoxy) is 2. The van der Waals surface area contributed by atoms with Crippen molar-refractivity contribution in [3.8, 4) is 5.75 Å². The molecule has 0 spiro atoms. The number of halogens is 1. The van der Waals surface area contributed by atoms with Crippen molar-refractivity contribution in [2.75, 3.05) is 20.3 Å². The number of carbonyl (C=O) groups excluding carboxylic acids is 1. The Morgan fingerprint density at radius 3 is 3.17 bits per heavy atom. The van der Waals surface area contributed by atoms with Gasteiger partial charge in [0.2, 0.25) is 0 Å². The van der Waals surface area contributed by atoms with E-state index >= 15 is 0 Å². The summed E-state index contributed by atoms with van der Waals surface area (Å²) in [6, 6.07) is 4.52. The van der Waals surface area contributed by atoms with Crippen LogP contribution in [0.15, 0.2) is 30.6 Å². The first kappa shape index (κ1) is 16.4. The van der Waals surface area contributed by atoms with E-state index < -0.39 is 11.7 Å². The van der Waals surface area contributed by atoms with Crippen LogP contribution in [-0.4, -0.2) is 36.4 Å². The van der Waals surface area contributed by atoms with Crippen LogP contribution in [0, 0.1) is 11.7 Å². The van der Waals surface area contributed by atoms with Crippen molar-refractivity contribution in [3.05, 3.63) is 47.5 Å². The van der Waals surface area contributed by atoms with E-state index in [9.17, 15) is 9.18 Å². The quantitative estimate of drug-likeness (QED) is 0.881. The molecule has 0 aliphatic carbocycles. The van der Waals surface area contributed by atoms with Gasteiger partial charge in [0.05, 0.1) is 25.0 Å². The maximum atomic E-state index is 14.2. The predicted octanol–water partition coefficient (Wildman–Crippen LogP) is 2.46. The Morgan fingerprint density at radius 1 is 1.54 bits per heavy atom. The number of nitrogens with zero attached hydrogens (tertiary/aromatic N) is 1. The summed E-state index contributed by atoms with van der Waals surface area (Å²) in [4.78, 5) is 12.3. The molecular weight excluding hydrogens is 313 g/mol. The highest BCUT2D eigenvalue weighted by Gasteiger charge is 2.29. The van der Waals surface area contributed by atoms with Gasteiger partial charge in [0, 0.05) is 30.8 Å². The van der Waals surface area contributed by atoms with Gasteiger partial charge in [-0.1, -0.05) is 6.07 Å². The van der Waals surface area contributed by atoms with Gasteiger partial charge in [-0.3, -0.25) is 9.89 Å². The predicted molar refractivity (Wildman–Crippen MR) is 85.3 cm³/mol. The normalized spacial score (nSPS) is 20.6. The third kappa shape index (κ3) is 3.41. The summed E-state index contributed by atoms with van der Waals surface area (Å²) in [5, 5.41) is 9.53. The summed E-state index contributed by atoms with van der Waals surface area (Å²) < 4.78 is 24.9. The monoisotopic (exact) mass is 333 g/mol. The Labute approximate surface area is 139 Å². The van der Waals surface area contributed by atoms with Crippen LogP contribution in [0.2, 0.25) is 0 Å². The highest BCUT2D eigenvalue weighted by atomic mass is 19.1. The SMILES string of the molecule is COc1cccc(C(=O)NC[C@@H]2CCCO[C@H]2c2cn[nH]c2)c1F. The number of amides is 1. The lowest BCUT2D eigenvalue weighted by Gasteiger charge is -2.31. The van der Waals surface area contributed by atoms with Gasteiger partial charge >= 0.3 is 0 Å². The molecule has 2 heterocycles. The highest BCUT2D eigenvalue weighted by Crippen LogP contribution is 2.32. The molecule has 1 aromatic heterocycles. The fourth-order valence-electron chi connectivity index (χ4n) is 3.00. The Balaban J connectivity index is 1.67. The van der Waals surface area contributed by atoms with Crippen molar-refractivity contribution in [1.29, 1.82) is 0 Å². The van der Waals surface area contributed by atoms with Gasteiger partial charge in [0.25, 0.3) is 5.91 Å². The Bertz CT molecular complexity index is 690. The number of methoxy groups -OCH3 is 1. The van der Waals surface area contributed by atoms with Gasteiger partial charge in [-0.25, -0.2) is 4.39 Å². The van der Waals surface area contributed by atoms with Crippen molar-refractivity contribution in [2.24, 2.45) is 5.92 Å². The molecule has 1 aliphatic heterocycles. The summed E-state index contributed by atoms with van der Waals surface area (Å²) in [5.41, 5.74) is 0.937. The fraction of sp³-hybridized carbons (Fsp3) is 0.412. The standard InChI is InChI=1S/C17H20FN3O3/c1-23-14-6-2-5-13(15(14)18)17(22)19-8-11-4-3-7-24-16(11)12-9-20-21-10-12/h2,5-6,9-11,16H,3-4,7-8H2,1H3,(H,19,22)(H,20,21)/t11-,16+/m0/s1. The Hall–Kier alpha value is -2.41. The van der Waals surface area contributed by atoms with Crippen molar-refractivity contribution in [1.82, 2.24) is 15.5 Å². The molecule has 2 N–H and O–H groups in total. The number of carbonyl (C=O) groups is 1. The molecule has 2 aromatic rings. The van der Waals surface area contributed by atoms with Crippen LogP contribution in [0.4, 0.5) is 4.39 Å². The number of benzene rings is 1. The van der Waals surface area contributed by atoms with E-state index in [-0.39, 0.29) is 23.3 Å². The average molecular weight is 333 g/mol. The molecule has 6 nitrogen and oxygen atoms in total. The first-order chi connectivity index (χ1) is 11.7. The lowest BCUT2D eigenvalue weighted by molar-refractivity contribution is -0.0272. The second-order valence-corrected chi connectivity index (χ2v) is 5.76. The second-order valence-electron chi connectivity index (χ2n) is 5.76. The Morgan fingerprint density at radius 2 is 2.42 bits per heavy atom. The minimum Gasteiger partial charge on any atom is -0.494 e. The van der Waals surface area contributed by atoms with Crippen LogP contribution in [0.25, 0.3) is 0 Å². The smallest absolute Gasteiger partial charge is 0.254 e. The molecule has 24 heavy (non-hydrogen) atoms. The lowest BCUT2D eigenvalue weighted by atomic mass is 9.91. The number of rotatable bonds is 5. The molecule has 0 bridgehead atoms. The maximum absolute atomic E-state index is 14.2. The largest absolute Gasteiger partial charge is 0.494 e. The minimum absolute atomic E-state index is 0.0223. The maximum Gasteiger partial charge on any atom is 0.254 e. The molecule has 1 aliphatic rings. The zero-order valence-corrected chi connectivity index (χ0v) is 13.4. The number of hydrogen-bond donors (Lipinski definition) is 2. The summed E-state index contributed by atoms with van der Waals surface area (Å²) in [6.07, 6.45) is 5.27. The summed E-state index contributed by atoms with van der Waals surface area (Å²) >= 11 is 0. The number of H-pyrrole nitrogens is 1. The van der Waals surface area contributed by atoms with Crippen molar-refractivity contribution >= 4 is 5.91 Å². The van der Waals surface area contributed by atoms with Gasteiger partial charge in [0.1, 0.15) is 0 Å².